The van der Waals surface area contributed by atoms with Crippen LogP contribution in [0, 0.1) is 11.2 Å². The van der Waals surface area contributed by atoms with Crippen molar-refractivity contribution in [3.8, 4) is 11.2 Å². The van der Waals surface area contributed by atoms with E-state index in [1.165, 1.54) is 21.1 Å². The number of piperazine rings is 1. The van der Waals surface area contributed by atoms with Gasteiger partial charge < -0.3 is 15.1 Å². The Bertz CT molecular complexity index is 877. The number of hydrogen-bond donors (Lipinski definition) is 1. The highest BCUT2D eigenvalue weighted by Gasteiger charge is 2.25. The summed E-state index contributed by atoms with van der Waals surface area (Å²) in [7, 11) is 1.28. The van der Waals surface area contributed by atoms with Crippen molar-refractivity contribution in [3.05, 3.63) is 54.4 Å². The summed E-state index contributed by atoms with van der Waals surface area (Å²) in [6.45, 7) is 9.03. The first-order valence-electron chi connectivity index (χ1n) is 9.22. The van der Waals surface area contributed by atoms with Gasteiger partial charge in [0.25, 0.3) is 11.8 Å². The molecule has 0 aromatic heterocycles. The minimum atomic E-state index is -2.88. The first kappa shape index (κ1) is 24.2. The van der Waals surface area contributed by atoms with Crippen molar-refractivity contribution in [1.29, 1.82) is 0 Å². The van der Waals surface area contributed by atoms with Gasteiger partial charge in [-0.25, -0.2) is 13.8 Å². The summed E-state index contributed by atoms with van der Waals surface area (Å²) in [4.78, 5) is 20.3. The van der Waals surface area contributed by atoms with E-state index < -0.39 is 5.92 Å². The highest BCUT2D eigenvalue weighted by atomic mass is 127. The Morgan fingerprint density at radius 1 is 1.27 bits per heavy atom. The zero-order chi connectivity index (χ0) is 22.1. The Hall–Kier alpha value is -2.06. The molecule has 160 valence electrons. The standard InChI is InChI=1S/C21H23F2IN4OS/c1-4-10-25-20(28-13-11-27(12-14-28)19(29)9-15-30-24)16(2)26-18-7-5-17(6-8-18)21(3,22)23/h4-8,10,26H,2,11-14H2,1,3H3/b10-4-,25-20+. The number of nitrogens with zero attached hydrogens (tertiary/aromatic N) is 3. The van der Waals surface area contributed by atoms with Crippen molar-refractivity contribution in [2.45, 2.75) is 19.8 Å². The number of halogens is 3. The average Bonchev–Trinajstić information content (AvgIpc) is 2.72. The molecule has 1 fully saturated rings. The second kappa shape index (κ2) is 11.4. The zero-order valence-electron chi connectivity index (χ0n) is 16.8. The van der Waals surface area contributed by atoms with Gasteiger partial charge in [-0.1, -0.05) is 24.8 Å². The Kier molecular flexibility index (Phi) is 9.17. The molecule has 1 saturated heterocycles. The highest BCUT2D eigenvalue weighted by molar-refractivity contribution is 14.2. The summed E-state index contributed by atoms with van der Waals surface area (Å²) in [5.74, 6) is 0.169. The number of benzene rings is 1. The third-order valence-corrected chi connectivity index (χ3v) is 5.21. The maximum atomic E-state index is 13.4. The third kappa shape index (κ3) is 7.02. The number of rotatable bonds is 5. The number of anilines is 1. The van der Waals surface area contributed by atoms with Gasteiger partial charge in [0.2, 0.25) is 0 Å². The topological polar surface area (TPSA) is 47.9 Å². The quantitative estimate of drug-likeness (QED) is 0.250. The molecule has 5 nitrogen and oxygen atoms in total. The van der Waals surface area contributed by atoms with Gasteiger partial charge in [0.1, 0.15) is 0 Å². The molecule has 0 radical (unpaired) electrons. The van der Waals surface area contributed by atoms with E-state index in [-0.39, 0.29) is 11.5 Å². The van der Waals surface area contributed by atoms with Crippen LogP contribution >= 0.6 is 30.1 Å². The molecule has 30 heavy (non-hydrogen) atoms. The molecule has 0 bridgehead atoms. The van der Waals surface area contributed by atoms with Gasteiger partial charge in [-0.15, -0.1) is 0 Å². The van der Waals surface area contributed by atoms with Crippen LogP contribution < -0.4 is 5.32 Å². The van der Waals surface area contributed by atoms with Crippen LogP contribution in [0.5, 0.6) is 0 Å². The molecule has 1 aliphatic heterocycles. The normalized spacial score (nSPS) is 15.0. The monoisotopic (exact) mass is 544 g/mol. The van der Waals surface area contributed by atoms with Crippen LogP contribution in [0.15, 0.2) is 53.8 Å². The number of amidine groups is 1. The Balaban J connectivity index is 2.07. The lowest BCUT2D eigenvalue weighted by Crippen LogP contribution is -2.51. The van der Waals surface area contributed by atoms with Crippen LogP contribution in [-0.4, -0.2) is 47.7 Å². The maximum Gasteiger partial charge on any atom is 0.299 e. The molecular weight excluding hydrogens is 521 g/mol. The molecule has 0 spiro atoms. The number of amides is 1. The van der Waals surface area contributed by atoms with Crippen LogP contribution in [0.4, 0.5) is 14.5 Å². The smallest absolute Gasteiger partial charge is 0.299 e. The van der Waals surface area contributed by atoms with Gasteiger partial charge in [0, 0.05) is 77.7 Å². The van der Waals surface area contributed by atoms with E-state index in [9.17, 15) is 13.6 Å². The Morgan fingerprint density at radius 3 is 2.40 bits per heavy atom. The Labute approximate surface area is 192 Å². The van der Waals surface area contributed by atoms with Crippen molar-refractivity contribution >= 4 is 47.6 Å². The minimum Gasteiger partial charge on any atom is -0.353 e. The van der Waals surface area contributed by atoms with E-state index in [4.69, 9.17) is 0 Å². The second-order valence-electron chi connectivity index (χ2n) is 6.59. The third-order valence-electron chi connectivity index (χ3n) is 4.37. The Morgan fingerprint density at radius 2 is 1.87 bits per heavy atom. The number of carbonyl (C=O) groups excluding carboxylic acids is 1. The minimum absolute atomic E-state index is 0.0497. The van der Waals surface area contributed by atoms with Gasteiger partial charge in [-0.3, -0.25) is 4.79 Å². The summed E-state index contributed by atoms with van der Waals surface area (Å²) in [5, 5.41) is 5.85. The van der Waals surface area contributed by atoms with Crippen LogP contribution in [0.1, 0.15) is 19.4 Å². The fourth-order valence-corrected chi connectivity index (χ4v) is 3.29. The van der Waals surface area contributed by atoms with E-state index >= 15 is 0 Å². The van der Waals surface area contributed by atoms with E-state index in [1.54, 1.807) is 23.2 Å². The van der Waals surface area contributed by atoms with Crippen LogP contribution in [0.2, 0.25) is 0 Å². The molecule has 1 aromatic rings. The van der Waals surface area contributed by atoms with Gasteiger partial charge in [0.15, 0.2) is 5.84 Å². The fourth-order valence-electron chi connectivity index (χ4n) is 2.84. The number of nitrogens with one attached hydrogen (secondary N) is 1. The van der Waals surface area contributed by atoms with Crippen molar-refractivity contribution < 1.29 is 13.6 Å². The average molecular weight is 544 g/mol. The largest absolute Gasteiger partial charge is 0.353 e. The SMILES string of the molecule is C=C(Nc1ccc(C(C)(F)F)cc1)/C(=N\C=C/C)N1CCN(C(=O)C#CSI)CC1. The van der Waals surface area contributed by atoms with E-state index in [1.807, 2.05) is 39.1 Å². The number of allylic oxidation sites excluding steroid dienone is 1. The van der Waals surface area contributed by atoms with Gasteiger partial charge in [0.05, 0.1) is 5.70 Å². The molecule has 2 rings (SSSR count). The highest BCUT2D eigenvalue weighted by Crippen LogP contribution is 2.28. The van der Waals surface area contributed by atoms with E-state index in [0.717, 1.165) is 6.92 Å². The van der Waals surface area contributed by atoms with Crippen molar-refractivity contribution in [1.82, 2.24) is 9.80 Å². The lowest BCUT2D eigenvalue weighted by Gasteiger charge is -2.36. The summed E-state index contributed by atoms with van der Waals surface area (Å²) in [6.07, 6.45) is 3.48. The van der Waals surface area contributed by atoms with Crippen molar-refractivity contribution in [2.24, 2.45) is 4.99 Å². The van der Waals surface area contributed by atoms with Crippen molar-refractivity contribution in [3.63, 3.8) is 0 Å². The molecular formula is C21H23F2IN4OS. The first-order valence-corrected chi connectivity index (χ1v) is 12.6. The molecule has 1 aromatic carbocycles. The predicted octanol–water partition coefficient (Wildman–Crippen LogP) is 4.84. The second-order valence-corrected chi connectivity index (χ2v) is 8.27. The molecule has 1 aliphatic rings. The van der Waals surface area contributed by atoms with Gasteiger partial charge in [-0.2, -0.15) is 0 Å². The molecule has 0 unspecified atom stereocenters. The first-order chi connectivity index (χ1) is 14.3. The lowest BCUT2D eigenvalue weighted by molar-refractivity contribution is -0.126. The summed E-state index contributed by atoms with van der Waals surface area (Å²) in [6, 6.07) is 5.95. The maximum absolute atomic E-state index is 13.4. The zero-order valence-corrected chi connectivity index (χ0v) is 19.8. The summed E-state index contributed by atoms with van der Waals surface area (Å²) >= 11 is 2.03. The van der Waals surface area contributed by atoms with Crippen LogP contribution in [0.25, 0.3) is 0 Å². The molecule has 0 aliphatic carbocycles. The number of hydrogen-bond acceptors (Lipinski definition) is 4. The van der Waals surface area contributed by atoms with E-state index in [0.29, 0.717) is 43.4 Å². The lowest BCUT2D eigenvalue weighted by atomic mass is 10.1. The van der Waals surface area contributed by atoms with E-state index in [2.05, 4.69) is 28.1 Å². The number of carbonyl (C=O) groups is 1. The molecule has 0 atom stereocenters. The van der Waals surface area contributed by atoms with Crippen LogP contribution in [0.3, 0.4) is 0 Å². The van der Waals surface area contributed by atoms with Crippen LogP contribution in [-0.2, 0) is 10.7 Å². The number of aliphatic imine (C=N–C) groups is 1. The number of alkyl halides is 2. The molecule has 1 N–H and O–H groups in total. The molecule has 9 heteroatoms. The summed E-state index contributed by atoms with van der Waals surface area (Å²) in [5.41, 5.74) is 1.14. The fraction of sp³-hybridized carbons (Fsp3) is 0.333. The van der Waals surface area contributed by atoms with Gasteiger partial charge in [-0.05, 0) is 33.2 Å². The summed E-state index contributed by atoms with van der Waals surface area (Å²) < 4.78 is 26.8. The molecule has 0 saturated carbocycles. The molecule has 1 amide bonds. The molecule has 1 heterocycles. The van der Waals surface area contributed by atoms with Crippen molar-refractivity contribution in [2.75, 3.05) is 31.5 Å². The predicted molar refractivity (Wildman–Crippen MR) is 129 cm³/mol. The van der Waals surface area contributed by atoms with Gasteiger partial charge >= 0.3 is 0 Å².